The van der Waals surface area contributed by atoms with Gasteiger partial charge in [-0.25, -0.2) is 26.6 Å². The summed E-state index contributed by atoms with van der Waals surface area (Å²) in [5.41, 5.74) is 6.60. The van der Waals surface area contributed by atoms with Crippen LogP contribution in [0.5, 0.6) is 0 Å². The van der Waals surface area contributed by atoms with Gasteiger partial charge in [-0.1, -0.05) is 18.7 Å². The van der Waals surface area contributed by atoms with Gasteiger partial charge >= 0.3 is 0 Å². The van der Waals surface area contributed by atoms with Crippen molar-refractivity contribution in [3.05, 3.63) is 58.9 Å². The molecule has 0 amide bonds. The van der Waals surface area contributed by atoms with Gasteiger partial charge in [0.05, 0.1) is 22.5 Å². The van der Waals surface area contributed by atoms with E-state index in [1.165, 1.54) is 31.3 Å². The van der Waals surface area contributed by atoms with E-state index in [2.05, 4.69) is 26.1 Å². The second-order valence-electron chi connectivity index (χ2n) is 10.3. The van der Waals surface area contributed by atoms with Crippen LogP contribution >= 0.6 is 11.6 Å². The normalized spacial score (nSPS) is 20.3. The minimum absolute atomic E-state index is 0.0118. The summed E-state index contributed by atoms with van der Waals surface area (Å²) in [5.74, 6) is -3.14. The van der Waals surface area contributed by atoms with Gasteiger partial charge in [0.15, 0.2) is 5.82 Å². The molecular weight excluding hydrogens is 553 g/mol. The lowest BCUT2D eigenvalue weighted by molar-refractivity contribution is 0.0171. The number of piperidine rings is 1. The summed E-state index contributed by atoms with van der Waals surface area (Å²) in [5, 5.41) is 0. The predicted molar refractivity (Wildman–Crippen MR) is 149 cm³/mol. The fourth-order valence-corrected chi connectivity index (χ4v) is 6.01. The zero-order valence-corrected chi connectivity index (χ0v) is 23.6. The summed E-state index contributed by atoms with van der Waals surface area (Å²) in [7, 11) is -3.70. The molecular formula is C26H34ClF3N6O2S. The molecule has 2 aromatic rings. The van der Waals surface area contributed by atoms with Crippen LogP contribution in [-0.2, 0) is 22.5 Å². The van der Waals surface area contributed by atoms with Crippen molar-refractivity contribution in [2.45, 2.75) is 50.7 Å². The summed E-state index contributed by atoms with van der Waals surface area (Å²) in [6, 6.07) is 5.46. The molecule has 4 rings (SSSR count). The number of pyridine rings is 1. The van der Waals surface area contributed by atoms with Crippen LogP contribution in [0.1, 0.15) is 37.8 Å². The molecule has 2 aliphatic heterocycles. The summed E-state index contributed by atoms with van der Waals surface area (Å²) in [6.07, 6.45) is 3.13. The number of allylic oxidation sites excluding steroid dienone is 1. The number of anilines is 3. The third-order valence-electron chi connectivity index (χ3n) is 7.24. The van der Waals surface area contributed by atoms with Crippen molar-refractivity contribution in [1.29, 1.82) is 0 Å². The molecule has 0 saturated carbocycles. The maximum atomic E-state index is 14.4. The number of aromatic nitrogens is 1. The minimum atomic E-state index is -3.70. The standard InChI is InChI=1S/C26H34ClF3N6O2S/c1-17(2)39(37,38)33-20-13-23(31)25(32-14-20)35-10-11-36(24(27)16-35)21-6-8-34(9-7-21)15-18-4-5-19(12-22(18)28)26(3,29)30/h4-5,12-14,21,24,33H,1,6-11,15-16,31H2,2-3H3/t24-/m1/s1. The largest absolute Gasteiger partial charge is 0.396 e. The molecule has 0 aliphatic carbocycles. The fraction of sp³-hybridized carbons (Fsp3) is 0.500. The number of sulfonamides is 1. The highest BCUT2D eigenvalue weighted by molar-refractivity contribution is 7.96. The number of alkyl halides is 3. The Morgan fingerprint density at radius 1 is 1.23 bits per heavy atom. The molecule has 2 saturated heterocycles. The van der Waals surface area contributed by atoms with Crippen LogP contribution in [-0.4, -0.2) is 67.5 Å². The first-order chi connectivity index (χ1) is 18.2. The number of halogens is 4. The van der Waals surface area contributed by atoms with Gasteiger partial charge in [0, 0.05) is 50.3 Å². The molecule has 0 radical (unpaired) electrons. The number of hydrogen-bond donors (Lipinski definition) is 2. The number of hydrogen-bond acceptors (Lipinski definition) is 7. The van der Waals surface area contributed by atoms with Gasteiger partial charge < -0.3 is 10.6 Å². The Balaban J connectivity index is 1.31. The van der Waals surface area contributed by atoms with E-state index in [-0.39, 0.29) is 27.7 Å². The lowest BCUT2D eigenvalue weighted by Gasteiger charge is -2.45. The van der Waals surface area contributed by atoms with Gasteiger partial charge in [-0.2, -0.15) is 0 Å². The zero-order chi connectivity index (χ0) is 28.5. The molecule has 1 atom stereocenters. The van der Waals surface area contributed by atoms with Gasteiger partial charge in [0.2, 0.25) is 0 Å². The molecule has 0 bridgehead atoms. The van der Waals surface area contributed by atoms with Crippen molar-refractivity contribution in [1.82, 2.24) is 14.8 Å². The monoisotopic (exact) mass is 586 g/mol. The van der Waals surface area contributed by atoms with Gasteiger partial charge in [0.1, 0.15) is 11.3 Å². The Morgan fingerprint density at radius 3 is 2.49 bits per heavy atom. The quantitative estimate of drug-likeness (QED) is 0.346. The number of piperazine rings is 1. The molecule has 0 unspecified atom stereocenters. The predicted octanol–water partition coefficient (Wildman–Crippen LogP) is 4.54. The Bertz CT molecular complexity index is 1320. The number of nitrogens with zero attached hydrogens (tertiary/aromatic N) is 4. The molecule has 214 valence electrons. The van der Waals surface area contributed by atoms with Gasteiger partial charge in [-0.3, -0.25) is 14.5 Å². The van der Waals surface area contributed by atoms with Gasteiger partial charge in [0.25, 0.3) is 15.9 Å². The van der Waals surface area contributed by atoms with Crippen molar-refractivity contribution in [2.24, 2.45) is 0 Å². The van der Waals surface area contributed by atoms with Crippen LogP contribution < -0.4 is 15.4 Å². The summed E-state index contributed by atoms with van der Waals surface area (Å²) >= 11 is 6.79. The van der Waals surface area contributed by atoms with Crippen LogP contribution in [0, 0.1) is 5.82 Å². The zero-order valence-electron chi connectivity index (χ0n) is 22.0. The maximum absolute atomic E-state index is 14.4. The van der Waals surface area contributed by atoms with E-state index in [0.29, 0.717) is 43.2 Å². The smallest absolute Gasteiger partial charge is 0.270 e. The minimum Gasteiger partial charge on any atom is -0.396 e. The van der Waals surface area contributed by atoms with Gasteiger partial charge in [-0.15, -0.1) is 11.6 Å². The van der Waals surface area contributed by atoms with E-state index in [4.69, 9.17) is 17.3 Å². The number of benzene rings is 1. The molecule has 1 aromatic carbocycles. The Morgan fingerprint density at radius 2 is 1.92 bits per heavy atom. The molecule has 1 aromatic heterocycles. The highest BCUT2D eigenvalue weighted by Gasteiger charge is 2.34. The highest BCUT2D eigenvalue weighted by atomic mass is 35.5. The van der Waals surface area contributed by atoms with Crippen molar-refractivity contribution < 1.29 is 21.6 Å². The van der Waals surface area contributed by atoms with E-state index < -0.39 is 21.8 Å². The third kappa shape index (κ3) is 6.97. The average Bonchev–Trinajstić information content (AvgIpc) is 2.85. The number of rotatable bonds is 8. The molecule has 2 aliphatic rings. The van der Waals surface area contributed by atoms with Crippen LogP contribution in [0.4, 0.5) is 30.4 Å². The van der Waals surface area contributed by atoms with Crippen LogP contribution in [0.2, 0.25) is 0 Å². The van der Waals surface area contributed by atoms with Gasteiger partial charge in [-0.05, 0) is 45.0 Å². The lowest BCUT2D eigenvalue weighted by Crippen LogP contribution is -2.56. The first-order valence-corrected chi connectivity index (χ1v) is 14.6. The molecule has 8 nitrogen and oxygen atoms in total. The first-order valence-electron chi connectivity index (χ1n) is 12.7. The van der Waals surface area contributed by atoms with E-state index in [1.807, 2.05) is 4.90 Å². The van der Waals surface area contributed by atoms with Crippen molar-refractivity contribution >= 4 is 38.8 Å². The Hall–Kier alpha value is -2.54. The van der Waals surface area contributed by atoms with Crippen molar-refractivity contribution in [3.63, 3.8) is 0 Å². The second kappa shape index (κ2) is 11.5. The fourth-order valence-electron chi connectivity index (χ4n) is 4.99. The number of nitrogen functional groups attached to an aromatic ring is 1. The maximum Gasteiger partial charge on any atom is 0.270 e. The molecule has 3 heterocycles. The summed E-state index contributed by atoms with van der Waals surface area (Å²) in [6.45, 7) is 9.32. The van der Waals surface area contributed by atoms with Crippen molar-refractivity contribution in [3.8, 4) is 0 Å². The molecule has 13 heteroatoms. The van der Waals surface area contributed by atoms with Crippen molar-refractivity contribution in [2.75, 3.05) is 48.1 Å². The molecule has 0 spiro atoms. The van der Waals surface area contributed by atoms with E-state index in [1.54, 1.807) is 0 Å². The molecule has 2 fully saturated rings. The number of likely N-dealkylation sites (tertiary alicyclic amines) is 1. The summed E-state index contributed by atoms with van der Waals surface area (Å²) < 4.78 is 67.9. The van der Waals surface area contributed by atoms with E-state index in [9.17, 15) is 21.6 Å². The van der Waals surface area contributed by atoms with Crippen LogP contribution in [0.3, 0.4) is 0 Å². The average molecular weight is 587 g/mol. The van der Waals surface area contributed by atoms with Crippen LogP contribution in [0.15, 0.2) is 41.9 Å². The summed E-state index contributed by atoms with van der Waals surface area (Å²) in [4.78, 5) is 10.8. The topological polar surface area (TPSA) is 94.8 Å². The first kappa shape index (κ1) is 29.4. The van der Waals surface area contributed by atoms with Crippen LogP contribution in [0.25, 0.3) is 0 Å². The SMILES string of the molecule is C=C(C)S(=O)(=O)Nc1cnc(N2CCN(C3CCN(Cc4ccc(C(C)(F)F)cc4F)CC3)[C@@H](Cl)C2)c(N)c1. The Kier molecular flexibility index (Phi) is 8.70. The molecule has 39 heavy (non-hydrogen) atoms. The highest BCUT2D eigenvalue weighted by Crippen LogP contribution is 2.31. The Labute approximate surface area is 232 Å². The lowest BCUT2D eigenvalue weighted by atomic mass is 10.0. The number of nitrogens with one attached hydrogen (secondary N) is 1. The van der Waals surface area contributed by atoms with E-state index >= 15 is 0 Å². The third-order valence-corrected chi connectivity index (χ3v) is 9.06. The molecule has 3 N–H and O–H groups in total. The number of nitrogens with two attached hydrogens (primary N) is 1. The van der Waals surface area contributed by atoms with E-state index in [0.717, 1.165) is 38.9 Å². The second-order valence-corrected chi connectivity index (χ2v) is 12.7.